The van der Waals surface area contributed by atoms with E-state index < -0.39 is 11.6 Å². The highest BCUT2D eigenvalue weighted by atomic mass is 16.5. The maximum Gasteiger partial charge on any atom is 0.317 e. The minimum absolute atomic E-state index is 0.00337. The molecule has 2 aliphatic carbocycles. The summed E-state index contributed by atoms with van der Waals surface area (Å²) in [6.07, 6.45) is 4.93. The van der Waals surface area contributed by atoms with Gasteiger partial charge in [0, 0.05) is 13.2 Å². The number of aliphatic carboxylic acids is 1. The molecule has 5 rings (SSSR count). The smallest absolute Gasteiger partial charge is 0.317 e. The molecule has 0 radical (unpaired) electrons. The fourth-order valence-electron chi connectivity index (χ4n) is 5.55. The zero-order valence-electron chi connectivity index (χ0n) is 21.5. The van der Waals surface area contributed by atoms with Crippen LogP contribution in [0.5, 0.6) is 11.8 Å². The number of hydrogen-bond acceptors (Lipinski definition) is 9. The van der Waals surface area contributed by atoms with Gasteiger partial charge in [0.2, 0.25) is 0 Å². The largest absolute Gasteiger partial charge is 0.489 e. The van der Waals surface area contributed by atoms with Gasteiger partial charge in [0.05, 0.1) is 29.1 Å². The van der Waals surface area contributed by atoms with Crippen molar-refractivity contribution in [3.8, 4) is 23.1 Å². The Morgan fingerprint density at radius 1 is 1.19 bits per heavy atom. The average Bonchev–Trinajstić information content (AvgIpc) is 3.52. The van der Waals surface area contributed by atoms with Crippen molar-refractivity contribution < 1.29 is 24.5 Å². The number of carboxylic acid groups (broad SMARTS) is 1. The van der Waals surface area contributed by atoms with Crippen LogP contribution in [-0.2, 0) is 24.1 Å². The Kier molecular flexibility index (Phi) is 6.57. The van der Waals surface area contributed by atoms with E-state index in [1.165, 1.54) is 0 Å². The van der Waals surface area contributed by atoms with E-state index >= 15 is 0 Å². The molecule has 2 N–H and O–H groups in total. The Labute approximate surface area is 214 Å². The molecule has 0 aromatic carbocycles. The fourth-order valence-corrected chi connectivity index (χ4v) is 5.55. The van der Waals surface area contributed by atoms with Gasteiger partial charge in [-0.15, -0.1) is 5.10 Å². The second kappa shape index (κ2) is 9.70. The van der Waals surface area contributed by atoms with Crippen LogP contribution in [0.4, 0.5) is 0 Å². The van der Waals surface area contributed by atoms with Gasteiger partial charge in [-0.05, 0) is 76.5 Å². The first-order valence-electron chi connectivity index (χ1n) is 12.5. The van der Waals surface area contributed by atoms with Crippen LogP contribution in [0.25, 0.3) is 11.4 Å². The van der Waals surface area contributed by atoms with E-state index in [4.69, 9.17) is 14.5 Å². The van der Waals surface area contributed by atoms with E-state index in [1.807, 2.05) is 19.1 Å². The standard InChI is InChI=1S/C26H32N6O5/c1-14-21(37-16-11-15-5-6-17(24(33)34)18(15)12-16)8-7-19(28-14)23-20(32(4)31-30-23)13-36-25-27-10-9-22(29-25)26(2,3)35/h7-10,15-18,35H,5-6,11-13H2,1-4H3,(H,33,34)/t15-,16-,17+,18+/m0/s1. The minimum Gasteiger partial charge on any atom is -0.489 e. The molecule has 0 aliphatic heterocycles. The number of aliphatic hydroxyl groups is 1. The number of aromatic nitrogens is 6. The molecule has 0 amide bonds. The van der Waals surface area contributed by atoms with E-state index in [-0.39, 0.29) is 30.6 Å². The van der Waals surface area contributed by atoms with Crippen LogP contribution in [0.1, 0.15) is 56.6 Å². The number of rotatable bonds is 8. The highest BCUT2D eigenvalue weighted by molar-refractivity contribution is 5.71. The zero-order chi connectivity index (χ0) is 26.3. The predicted molar refractivity (Wildman–Crippen MR) is 132 cm³/mol. The van der Waals surface area contributed by atoms with Crippen LogP contribution < -0.4 is 9.47 Å². The van der Waals surface area contributed by atoms with Gasteiger partial charge in [-0.2, -0.15) is 4.98 Å². The number of aryl methyl sites for hydroxylation is 2. The van der Waals surface area contributed by atoms with Gasteiger partial charge >= 0.3 is 12.0 Å². The second-order valence-corrected chi connectivity index (χ2v) is 10.5. The van der Waals surface area contributed by atoms with E-state index in [0.717, 1.165) is 31.4 Å². The third-order valence-electron chi connectivity index (χ3n) is 7.50. The summed E-state index contributed by atoms with van der Waals surface area (Å²) in [5.74, 6) is 0.384. The molecule has 0 unspecified atom stereocenters. The number of fused-ring (bicyclic) bond motifs is 1. The lowest BCUT2D eigenvalue weighted by atomic mass is 9.92. The Morgan fingerprint density at radius 2 is 2.00 bits per heavy atom. The third kappa shape index (κ3) is 5.13. The van der Waals surface area contributed by atoms with Crippen molar-refractivity contribution >= 4 is 5.97 Å². The van der Waals surface area contributed by atoms with Crippen LogP contribution in [0, 0.1) is 24.7 Å². The summed E-state index contributed by atoms with van der Waals surface area (Å²) in [4.78, 5) is 24.7. The number of hydrogen-bond donors (Lipinski definition) is 2. The molecule has 3 heterocycles. The summed E-state index contributed by atoms with van der Waals surface area (Å²) in [6.45, 7) is 5.30. The van der Waals surface area contributed by atoms with E-state index in [2.05, 4.69) is 20.3 Å². The monoisotopic (exact) mass is 508 g/mol. The van der Waals surface area contributed by atoms with Gasteiger partial charge in [0.1, 0.15) is 29.3 Å². The molecule has 2 fully saturated rings. The summed E-state index contributed by atoms with van der Waals surface area (Å²) >= 11 is 0. The molecule has 11 heteroatoms. The zero-order valence-corrected chi connectivity index (χ0v) is 21.5. The van der Waals surface area contributed by atoms with E-state index in [9.17, 15) is 15.0 Å². The Hall–Kier alpha value is -3.60. The van der Waals surface area contributed by atoms with Gasteiger partial charge in [-0.25, -0.2) is 14.6 Å². The van der Waals surface area contributed by atoms with Crippen LogP contribution in [0.15, 0.2) is 24.4 Å². The van der Waals surface area contributed by atoms with Crippen LogP contribution in [0.2, 0.25) is 0 Å². The number of ether oxygens (including phenoxy) is 2. The van der Waals surface area contributed by atoms with Gasteiger partial charge in [0.15, 0.2) is 0 Å². The molecule has 37 heavy (non-hydrogen) atoms. The number of pyridine rings is 1. The normalized spacial score (nSPS) is 23.2. The van der Waals surface area contributed by atoms with Gasteiger partial charge in [0.25, 0.3) is 0 Å². The fraction of sp³-hybridized carbons (Fsp3) is 0.538. The molecule has 11 nitrogen and oxygen atoms in total. The van der Waals surface area contributed by atoms with Crippen LogP contribution >= 0.6 is 0 Å². The lowest BCUT2D eigenvalue weighted by Crippen LogP contribution is -2.21. The maximum atomic E-state index is 11.6. The van der Waals surface area contributed by atoms with E-state index in [1.54, 1.807) is 37.8 Å². The van der Waals surface area contributed by atoms with Crippen molar-refractivity contribution in [3.63, 3.8) is 0 Å². The summed E-state index contributed by atoms with van der Waals surface area (Å²) in [6, 6.07) is 5.52. The topological polar surface area (TPSA) is 145 Å². The summed E-state index contributed by atoms with van der Waals surface area (Å²) in [7, 11) is 1.77. The van der Waals surface area contributed by atoms with Crippen molar-refractivity contribution in [1.82, 2.24) is 29.9 Å². The van der Waals surface area contributed by atoms with Gasteiger partial charge < -0.3 is 19.7 Å². The molecular weight excluding hydrogens is 476 g/mol. The molecule has 0 saturated heterocycles. The lowest BCUT2D eigenvalue weighted by molar-refractivity contribution is -0.143. The molecule has 2 aliphatic rings. The highest BCUT2D eigenvalue weighted by Crippen LogP contribution is 2.48. The van der Waals surface area contributed by atoms with Crippen molar-refractivity contribution in [2.24, 2.45) is 24.8 Å². The van der Waals surface area contributed by atoms with Crippen molar-refractivity contribution in [2.45, 2.75) is 64.8 Å². The van der Waals surface area contributed by atoms with E-state index in [0.29, 0.717) is 34.4 Å². The predicted octanol–water partition coefficient (Wildman–Crippen LogP) is 3.05. The number of carbonyl (C=O) groups is 1. The Morgan fingerprint density at radius 3 is 2.73 bits per heavy atom. The molecule has 0 spiro atoms. The Balaban J connectivity index is 1.28. The first kappa shape index (κ1) is 25.1. The van der Waals surface area contributed by atoms with Gasteiger partial charge in [-0.1, -0.05) is 5.21 Å². The molecule has 3 aromatic heterocycles. The first-order valence-corrected chi connectivity index (χ1v) is 12.5. The summed E-state index contributed by atoms with van der Waals surface area (Å²) in [5, 5.41) is 28.1. The lowest BCUT2D eigenvalue weighted by Gasteiger charge is -2.18. The number of carboxylic acids is 1. The molecule has 3 aromatic rings. The number of nitrogens with zero attached hydrogens (tertiary/aromatic N) is 6. The summed E-state index contributed by atoms with van der Waals surface area (Å²) in [5.41, 5.74) is 1.98. The first-order chi connectivity index (χ1) is 17.6. The second-order valence-electron chi connectivity index (χ2n) is 10.5. The molecule has 0 bridgehead atoms. The van der Waals surface area contributed by atoms with Crippen molar-refractivity contribution in [2.75, 3.05) is 0 Å². The van der Waals surface area contributed by atoms with Crippen molar-refractivity contribution in [1.29, 1.82) is 0 Å². The molecule has 4 atom stereocenters. The minimum atomic E-state index is -1.11. The van der Waals surface area contributed by atoms with Gasteiger partial charge in [-0.3, -0.25) is 4.79 Å². The maximum absolute atomic E-state index is 11.6. The average molecular weight is 509 g/mol. The Bertz CT molecular complexity index is 1300. The quantitative estimate of drug-likeness (QED) is 0.465. The third-order valence-corrected chi connectivity index (χ3v) is 7.50. The highest BCUT2D eigenvalue weighted by Gasteiger charge is 2.47. The van der Waals surface area contributed by atoms with Crippen LogP contribution in [-0.4, -0.2) is 52.2 Å². The molecule has 196 valence electrons. The van der Waals surface area contributed by atoms with Crippen LogP contribution in [0.3, 0.4) is 0 Å². The molecular formula is C26H32N6O5. The SMILES string of the molecule is Cc1nc(-c2nnn(C)c2COc2nccc(C(C)(C)O)n2)ccc1O[C@H]1C[C@@H]2CC[C@@H](C(=O)O)[C@@H]2C1. The van der Waals surface area contributed by atoms with Crippen molar-refractivity contribution in [3.05, 3.63) is 41.5 Å². The summed E-state index contributed by atoms with van der Waals surface area (Å²) < 4.78 is 13.7. The molecule has 2 saturated carbocycles.